The van der Waals surface area contributed by atoms with E-state index in [1.807, 2.05) is 13.8 Å². The molecule has 3 rings (SSSR count). The van der Waals surface area contributed by atoms with Crippen molar-refractivity contribution >= 4 is 34.7 Å². The van der Waals surface area contributed by atoms with Gasteiger partial charge in [0.2, 0.25) is 5.91 Å². The number of carbonyl (C=O) groups excluding carboxylic acids is 2. The van der Waals surface area contributed by atoms with Crippen LogP contribution in [0.15, 0.2) is 48.8 Å². The molecule has 1 aromatic heterocycles. The van der Waals surface area contributed by atoms with Crippen LogP contribution in [-0.4, -0.2) is 21.8 Å². The SMILES string of the molecule is CC(=O)Nc1cccc(NC(=O)c2cnc(Nc3c(C)cc(C)cc3C)cn2)c1. The molecule has 0 unspecified atom stereocenters. The summed E-state index contributed by atoms with van der Waals surface area (Å²) < 4.78 is 0. The first kappa shape index (κ1) is 20.0. The second-order valence-corrected chi connectivity index (χ2v) is 6.90. The van der Waals surface area contributed by atoms with Gasteiger partial charge in [-0.1, -0.05) is 23.8 Å². The number of rotatable bonds is 5. The quantitative estimate of drug-likeness (QED) is 0.603. The van der Waals surface area contributed by atoms with Crippen LogP contribution in [0.3, 0.4) is 0 Å². The number of aryl methyl sites for hydroxylation is 3. The van der Waals surface area contributed by atoms with Crippen LogP contribution >= 0.6 is 0 Å². The van der Waals surface area contributed by atoms with Gasteiger partial charge in [0.25, 0.3) is 5.91 Å². The van der Waals surface area contributed by atoms with Gasteiger partial charge in [0.05, 0.1) is 12.4 Å². The molecule has 0 saturated carbocycles. The molecule has 0 bridgehead atoms. The van der Waals surface area contributed by atoms with Crippen LogP contribution in [0.4, 0.5) is 22.9 Å². The summed E-state index contributed by atoms with van der Waals surface area (Å²) >= 11 is 0. The second kappa shape index (κ2) is 8.52. The first-order valence-electron chi connectivity index (χ1n) is 9.18. The number of aromatic nitrogens is 2. The van der Waals surface area contributed by atoms with Crippen LogP contribution in [0.5, 0.6) is 0 Å². The lowest BCUT2D eigenvalue weighted by Gasteiger charge is -2.13. The third-order valence-electron chi connectivity index (χ3n) is 4.26. The van der Waals surface area contributed by atoms with Gasteiger partial charge in [-0.3, -0.25) is 9.59 Å². The molecule has 0 aliphatic rings. The molecule has 0 aliphatic carbocycles. The smallest absolute Gasteiger partial charge is 0.275 e. The minimum absolute atomic E-state index is 0.179. The third kappa shape index (κ3) is 5.16. The highest BCUT2D eigenvalue weighted by Gasteiger charge is 2.10. The molecular formula is C22H23N5O2. The van der Waals surface area contributed by atoms with Gasteiger partial charge in [0.1, 0.15) is 11.5 Å². The molecule has 148 valence electrons. The molecule has 7 nitrogen and oxygen atoms in total. The number of benzene rings is 2. The fourth-order valence-electron chi connectivity index (χ4n) is 3.09. The zero-order chi connectivity index (χ0) is 21.0. The number of carbonyl (C=O) groups is 2. The average molecular weight is 389 g/mol. The van der Waals surface area contributed by atoms with Crippen molar-refractivity contribution in [1.29, 1.82) is 0 Å². The molecule has 3 N–H and O–H groups in total. The van der Waals surface area contributed by atoms with Gasteiger partial charge in [-0.25, -0.2) is 9.97 Å². The number of hydrogen-bond acceptors (Lipinski definition) is 5. The van der Waals surface area contributed by atoms with Crippen LogP contribution in [-0.2, 0) is 4.79 Å². The number of hydrogen-bond donors (Lipinski definition) is 3. The molecule has 2 amide bonds. The summed E-state index contributed by atoms with van der Waals surface area (Å²) in [7, 11) is 0. The maximum Gasteiger partial charge on any atom is 0.275 e. The van der Waals surface area contributed by atoms with Crippen molar-refractivity contribution in [2.45, 2.75) is 27.7 Å². The average Bonchev–Trinajstić information content (AvgIpc) is 2.65. The minimum Gasteiger partial charge on any atom is -0.339 e. The highest BCUT2D eigenvalue weighted by atomic mass is 16.2. The summed E-state index contributed by atoms with van der Waals surface area (Å²) in [5, 5.41) is 8.69. The molecule has 0 saturated heterocycles. The zero-order valence-electron chi connectivity index (χ0n) is 16.8. The van der Waals surface area contributed by atoms with E-state index < -0.39 is 0 Å². The van der Waals surface area contributed by atoms with Crippen molar-refractivity contribution < 1.29 is 9.59 Å². The highest BCUT2D eigenvalue weighted by molar-refractivity contribution is 6.03. The molecule has 0 aliphatic heterocycles. The second-order valence-electron chi connectivity index (χ2n) is 6.90. The molecule has 3 aromatic rings. The highest BCUT2D eigenvalue weighted by Crippen LogP contribution is 2.24. The van der Waals surface area contributed by atoms with E-state index in [1.165, 1.54) is 24.9 Å². The number of nitrogens with one attached hydrogen (secondary N) is 3. The summed E-state index contributed by atoms with van der Waals surface area (Å²) in [4.78, 5) is 32.1. The van der Waals surface area contributed by atoms with Crippen LogP contribution in [0.2, 0.25) is 0 Å². The predicted molar refractivity (Wildman–Crippen MR) is 115 cm³/mol. The number of amides is 2. The van der Waals surface area contributed by atoms with Crippen molar-refractivity contribution in [2.75, 3.05) is 16.0 Å². The number of anilines is 4. The fourth-order valence-corrected chi connectivity index (χ4v) is 3.09. The fraction of sp³-hybridized carbons (Fsp3) is 0.182. The molecule has 0 fully saturated rings. The van der Waals surface area contributed by atoms with Crippen molar-refractivity contribution in [1.82, 2.24) is 9.97 Å². The van der Waals surface area contributed by atoms with E-state index in [0.29, 0.717) is 17.2 Å². The number of nitrogens with zero attached hydrogens (tertiary/aromatic N) is 2. The summed E-state index contributed by atoms with van der Waals surface area (Å²) in [5.74, 6) is -0.00235. The Morgan fingerprint density at radius 2 is 1.52 bits per heavy atom. The largest absolute Gasteiger partial charge is 0.339 e. The molecule has 0 atom stereocenters. The first-order chi connectivity index (χ1) is 13.8. The Hall–Kier alpha value is -3.74. The maximum absolute atomic E-state index is 12.4. The topological polar surface area (TPSA) is 96.0 Å². The lowest BCUT2D eigenvalue weighted by molar-refractivity contribution is -0.114. The van der Waals surface area contributed by atoms with Crippen LogP contribution < -0.4 is 16.0 Å². The minimum atomic E-state index is -0.383. The molecule has 0 radical (unpaired) electrons. The summed E-state index contributed by atoms with van der Waals surface area (Å²) in [6, 6.07) is 11.1. The summed E-state index contributed by atoms with van der Waals surface area (Å²) in [5.41, 5.74) is 5.76. The van der Waals surface area contributed by atoms with Gasteiger partial charge < -0.3 is 16.0 Å². The van der Waals surface area contributed by atoms with Gasteiger partial charge in [-0.05, 0) is 50.1 Å². The van der Waals surface area contributed by atoms with Crippen LogP contribution in [0.25, 0.3) is 0 Å². The van der Waals surface area contributed by atoms with Crippen molar-refractivity contribution in [3.05, 3.63) is 71.2 Å². The first-order valence-corrected chi connectivity index (χ1v) is 9.18. The van der Waals surface area contributed by atoms with Crippen molar-refractivity contribution in [2.24, 2.45) is 0 Å². The van der Waals surface area contributed by atoms with Gasteiger partial charge in [-0.2, -0.15) is 0 Å². The predicted octanol–water partition coefficient (Wildman–Crippen LogP) is 4.36. The van der Waals surface area contributed by atoms with Crippen LogP contribution in [0.1, 0.15) is 34.1 Å². The van der Waals surface area contributed by atoms with E-state index in [1.54, 1.807) is 24.3 Å². The Morgan fingerprint density at radius 1 is 0.862 bits per heavy atom. The molecule has 7 heteroatoms. The van der Waals surface area contributed by atoms with Gasteiger partial charge in [0.15, 0.2) is 0 Å². The maximum atomic E-state index is 12.4. The molecule has 29 heavy (non-hydrogen) atoms. The van der Waals surface area contributed by atoms with Crippen LogP contribution in [0, 0.1) is 20.8 Å². The normalized spacial score (nSPS) is 10.3. The van der Waals surface area contributed by atoms with Gasteiger partial charge in [-0.15, -0.1) is 0 Å². The Labute approximate surface area is 169 Å². The van der Waals surface area contributed by atoms with Crippen molar-refractivity contribution in [3.63, 3.8) is 0 Å². The van der Waals surface area contributed by atoms with Gasteiger partial charge in [0, 0.05) is 24.0 Å². The Morgan fingerprint density at radius 3 is 2.10 bits per heavy atom. The zero-order valence-corrected chi connectivity index (χ0v) is 16.8. The summed E-state index contributed by atoms with van der Waals surface area (Å²) in [6.07, 6.45) is 2.95. The standard InChI is InChI=1S/C22H23N5O2/c1-13-8-14(2)21(15(3)9-13)27-20-12-23-19(11-24-20)22(29)26-18-7-5-6-17(10-18)25-16(4)28/h5-12H,1-4H3,(H,24,27)(H,25,28)(H,26,29). The lowest BCUT2D eigenvalue weighted by atomic mass is 10.1. The molecule has 1 heterocycles. The lowest BCUT2D eigenvalue weighted by Crippen LogP contribution is -2.14. The molecular weight excluding hydrogens is 366 g/mol. The van der Waals surface area contributed by atoms with E-state index in [9.17, 15) is 9.59 Å². The van der Waals surface area contributed by atoms with Crippen molar-refractivity contribution in [3.8, 4) is 0 Å². The van der Waals surface area contributed by atoms with E-state index in [-0.39, 0.29) is 17.5 Å². The third-order valence-corrected chi connectivity index (χ3v) is 4.26. The monoisotopic (exact) mass is 389 g/mol. The Bertz CT molecular complexity index is 1040. The Kier molecular flexibility index (Phi) is 5.87. The van der Waals surface area contributed by atoms with E-state index in [0.717, 1.165) is 16.8 Å². The molecule has 2 aromatic carbocycles. The van der Waals surface area contributed by atoms with E-state index in [4.69, 9.17) is 0 Å². The summed E-state index contributed by atoms with van der Waals surface area (Å²) in [6.45, 7) is 7.55. The molecule has 0 spiro atoms. The van der Waals surface area contributed by atoms with Gasteiger partial charge >= 0.3 is 0 Å². The Balaban J connectivity index is 1.70. The van der Waals surface area contributed by atoms with E-state index >= 15 is 0 Å². The van der Waals surface area contributed by atoms with E-state index in [2.05, 4.69) is 45.0 Å².